The van der Waals surface area contributed by atoms with E-state index in [0.717, 1.165) is 6.42 Å². The van der Waals surface area contributed by atoms with Crippen LogP contribution in [0.4, 0.5) is 13.6 Å². The van der Waals surface area contributed by atoms with E-state index < -0.39 is 6.61 Å². The molecule has 1 N–H and O–H groups in total. The fourth-order valence-electron chi connectivity index (χ4n) is 2.67. The molecule has 0 bridgehead atoms. The van der Waals surface area contributed by atoms with Gasteiger partial charge in [0.15, 0.2) is 0 Å². The normalized spacial score (nSPS) is 20.8. The van der Waals surface area contributed by atoms with Crippen LogP contribution in [0.5, 0.6) is 5.88 Å². The molecular weight excluding hydrogens is 308 g/mol. The maximum Gasteiger partial charge on any atom is 0.388 e. The van der Waals surface area contributed by atoms with Gasteiger partial charge in [0.2, 0.25) is 5.88 Å². The number of nitrogens with one attached hydrogen (secondary N) is 1. The van der Waals surface area contributed by atoms with Gasteiger partial charge in [-0.15, -0.1) is 0 Å². The summed E-state index contributed by atoms with van der Waals surface area (Å²) in [7, 11) is 1.65. The summed E-state index contributed by atoms with van der Waals surface area (Å²) in [6.07, 6.45) is 2.25. The molecule has 0 spiro atoms. The van der Waals surface area contributed by atoms with Crippen molar-refractivity contribution in [1.82, 2.24) is 15.2 Å². The second-order valence-electron chi connectivity index (χ2n) is 5.95. The Bertz CT molecular complexity index is 544. The molecule has 1 atom stereocenters. The van der Waals surface area contributed by atoms with E-state index in [2.05, 4.69) is 22.0 Å². The molecule has 6 nitrogen and oxygen atoms in total. The number of likely N-dealkylation sites (tertiary alicyclic amines) is 1. The number of carbonyl (C=O) groups excluding carboxylic acids is 1. The lowest BCUT2D eigenvalue weighted by molar-refractivity contribution is -0.0529. The van der Waals surface area contributed by atoms with Crippen LogP contribution in [0, 0.1) is 5.41 Å². The molecule has 2 amide bonds. The van der Waals surface area contributed by atoms with Gasteiger partial charge < -0.3 is 19.7 Å². The third-order valence-electron chi connectivity index (χ3n) is 3.79. The van der Waals surface area contributed by atoms with E-state index in [-0.39, 0.29) is 23.9 Å². The van der Waals surface area contributed by atoms with Crippen LogP contribution in [-0.2, 0) is 11.3 Å². The van der Waals surface area contributed by atoms with E-state index in [1.165, 1.54) is 12.3 Å². The van der Waals surface area contributed by atoms with Crippen LogP contribution in [0.1, 0.15) is 18.9 Å². The number of pyridine rings is 1. The number of methoxy groups -OCH3 is 1. The number of hydrogen-bond acceptors (Lipinski definition) is 4. The number of alkyl halides is 2. The standard InChI is InChI=1S/C15H21F2N3O3/c1-15(10-22-2)4-6-20(9-15)14(21)19-8-11-3-5-18-12(7-11)23-13(16)17/h3,5,7,13H,4,6,8-10H2,1-2H3,(H,19,21)/t15-/m0/s1. The summed E-state index contributed by atoms with van der Waals surface area (Å²) in [6, 6.07) is 2.83. The minimum atomic E-state index is -2.92. The Hall–Kier alpha value is -1.96. The van der Waals surface area contributed by atoms with Crippen LogP contribution >= 0.6 is 0 Å². The number of aromatic nitrogens is 1. The van der Waals surface area contributed by atoms with Crippen LogP contribution in [-0.4, -0.2) is 49.3 Å². The first-order chi connectivity index (χ1) is 10.9. The van der Waals surface area contributed by atoms with Crippen molar-refractivity contribution in [3.8, 4) is 5.88 Å². The number of halogens is 2. The predicted octanol–water partition coefficient (Wildman–Crippen LogP) is 2.25. The average molecular weight is 329 g/mol. The highest BCUT2D eigenvalue weighted by Crippen LogP contribution is 2.29. The Morgan fingerprint density at radius 2 is 2.35 bits per heavy atom. The zero-order chi connectivity index (χ0) is 16.9. The van der Waals surface area contributed by atoms with E-state index in [1.54, 1.807) is 18.1 Å². The largest absolute Gasteiger partial charge is 0.417 e. The Morgan fingerprint density at radius 3 is 3.04 bits per heavy atom. The molecule has 1 saturated heterocycles. The number of amides is 2. The number of nitrogens with zero attached hydrogens (tertiary/aromatic N) is 2. The Balaban J connectivity index is 1.85. The lowest BCUT2D eigenvalue weighted by Gasteiger charge is -2.23. The lowest BCUT2D eigenvalue weighted by atomic mass is 9.91. The molecule has 0 saturated carbocycles. The van der Waals surface area contributed by atoms with Crippen molar-refractivity contribution in [3.05, 3.63) is 23.9 Å². The average Bonchev–Trinajstić information content (AvgIpc) is 2.87. The van der Waals surface area contributed by atoms with E-state index in [4.69, 9.17) is 4.74 Å². The second kappa shape index (κ2) is 7.54. The zero-order valence-corrected chi connectivity index (χ0v) is 13.2. The summed E-state index contributed by atoms with van der Waals surface area (Å²) in [5.74, 6) is -0.166. The molecule has 2 heterocycles. The first-order valence-corrected chi connectivity index (χ1v) is 7.33. The van der Waals surface area contributed by atoms with Crippen molar-refractivity contribution in [2.75, 3.05) is 26.8 Å². The third kappa shape index (κ3) is 5.02. The molecule has 1 aliphatic heterocycles. The Labute approximate surface area is 133 Å². The van der Waals surface area contributed by atoms with E-state index in [1.807, 2.05) is 0 Å². The van der Waals surface area contributed by atoms with Gasteiger partial charge in [-0.2, -0.15) is 8.78 Å². The molecule has 1 aliphatic rings. The molecule has 1 fully saturated rings. The smallest absolute Gasteiger partial charge is 0.388 e. The predicted molar refractivity (Wildman–Crippen MR) is 79.3 cm³/mol. The van der Waals surface area contributed by atoms with Crippen LogP contribution in [0.3, 0.4) is 0 Å². The number of rotatable bonds is 6. The van der Waals surface area contributed by atoms with Gasteiger partial charge in [0.1, 0.15) is 0 Å². The summed E-state index contributed by atoms with van der Waals surface area (Å²) >= 11 is 0. The monoisotopic (exact) mass is 329 g/mol. The molecule has 0 radical (unpaired) electrons. The summed E-state index contributed by atoms with van der Waals surface area (Å²) in [6.45, 7) is 1.29. The van der Waals surface area contributed by atoms with Crippen molar-refractivity contribution in [2.24, 2.45) is 5.41 Å². The third-order valence-corrected chi connectivity index (χ3v) is 3.79. The van der Waals surface area contributed by atoms with Crippen molar-refractivity contribution in [3.63, 3.8) is 0 Å². The molecule has 8 heteroatoms. The van der Waals surface area contributed by atoms with Crippen molar-refractivity contribution < 1.29 is 23.0 Å². The van der Waals surface area contributed by atoms with Gasteiger partial charge in [0.05, 0.1) is 6.61 Å². The highest BCUT2D eigenvalue weighted by Gasteiger charge is 2.35. The maximum absolute atomic E-state index is 12.2. The van der Waals surface area contributed by atoms with Gasteiger partial charge in [0.25, 0.3) is 0 Å². The van der Waals surface area contributed by atoms with Gasteiger partial charge in [-0.3, -0.25) is 0 Å². The molecule has 1 aromatic heterocycles. The molecule has 0 aliphatic carbocycles. The van der Waals surface area contributed by atoms with E-state index in [9.17, 15) is 13.6 Å². The highest BCUT2D eigenvalue weighted by molar-refractivity contribution is 5.74. The van der Waals surface area contributed by atoms with Gasteiger partial charge >= 0.3 is 12.6 Å². The summed E-state index contributed by atoms with van der Waals surface area (Å²) in [5.41, 5.74) is 0.615. The Kier molecular flexibility index (Phi) is 5.70. The maximum atomic E-state index is 12.2. The molecule has 23 heavy (non-hydrogen) atoms. The summed E-state index contributed by atoms with van der Waals surface area (Å²) < 4.78 is 33.7. The van der Waals surface area contributed by atoms with E-state index >= 15 is 0 Å². The molecule has 0 aromatic carbocycles. The van der Waals surface area contributed by atoms with Gasteiger partial charge in [-0.1, -0.05) is 6.92 Å². The van der Waals surface area contributed by atoms with Crippen LogP contribution in [0.25, 0.3) is 0 Å². The fourth-order valence-corrected chi connectivity index (χ4v) is 2.67. The topological polar surface area (TPSA) is 63.7 Å². The number of urea groups is 1. The van der Waals surface area contributed by atoms with Crippen LogP contribution in [0.15, 0.2) is 18.3 Å². The summed E-state index contributed by atoms with van der Waals surface area (Å²) in [4.78, 5) is 17.6. The SMILES string of the molecule is COC[C@@]1(C)CCN(C(=O)NCc2ccnc(OC(F)F)c2)C1. The second-order valence-corrected chi connectivity index (χ2v) is 5.95. The quantitative estimate of drug-likeness (QED) is 0.869. The first-order valence-electron chi connectivity index (χ1n) is 7.33. The fraction of sp³-hybridized carbons (Fsp3) is 0.600. The van der Waals surface area contributed by atoms with Gasteiger partial charge in [0, 0.05) is 44.4 Å². The number of carbonyl (C=O) groups is 1. The highest BCUT2D eigenvalue weighted by atomic mass is 19.3. The van der Waals surface area contributed by atoms with E-state index in [0.29, 0.717) is 25.3 Å². The molecule has 128 valence electrons. The molecule has 2 rings (SSSR count). The number of hydrogen-bond donors (Lipinski definition) is 1. The minimum Gasteiger partial charge on any atom is -0.417 e. The number of ether oxygens (including phenoxy) is 2. The van der Waals surface area contributed by atoms with Crippen molar-refractivity contribution >= 4 is 6.03 Å². The van der Waals surface area contributed by atoms with Gasteiger partial charge in [-0.25, -0.2) is 9.78 Å². The first kappa shape index (κ1) is 17.4. The van der Waals surface area contributed by atoms with Crippen LogP contribution < -0.4 is 10.1 Å². The van der Waals surface area contributed by atoms with Crippen molar-refractivity contribution in [2.45, 2.75) is 26.5 Å². The minimum absolute atomic E-state index is 0.0268. The molecule has 0 unspecified atom stereocenters. The molecule has 1 aromatic rings. The van der Waals surface area contributed by atoms with Crippen molar-refractivity contribution in [1.29, 1.82) is 0 Å². The zero-order valence-electron chi connectivity index (χ0n) is 13.2. The van der Waals surface area contributed by atoms with Crippen LogP contribution in [0.2, 0.25) is 0 Å². The lowest BCUT2D eigenvalue weighted by Crippen LogP contribution is -2.39. The molecular formula is C15H21F2N3O3. The van der Waals surface area contributed by atoms with Gasteiger partial charge in [-0.05, 0) is 18.1 Å². The Morgan fingerprint density at radius 1 is 1.57 bits per heavy atom. The summed E-state index contributed by atoms with van der Waals surface area (Å²) in [5, 5.41) is 2.78.